The van der Waals surface area contributed by atoms with E-state index in [1.54, 1.807) is 0 Å². The van der Waals surface area contributed by atoms with E-state index in [9.17, 15) is 18.8 Å². The summed E-state index contributed by atoms with van der Waals surface area (Å²) < 4.78 is 13.7. The zero-order valence-electron chi connectivity index (χ0n) is 8.86. The molecule has 0 bridgehead atoms. The van der Waals surface area contributed by atoms with Crippen molar-refractivity contribution < 1.29 is 23.9 Å². The Kier molecular flexibility index (Phi) is 2.42. The first-order chi connectivity index (χ1) is 7.91. The predicted molar refractivity (Wildman–Crippen MR) is 55.5 cm³/mol. The van der Waals surface area contributed by atoms with Crippen LogP contribution in [0.2, 0.25) is 0 Å². The summed E-state index contributed by atoms with van der Waals surface area (Å²) >= 11 is 0. The quantitative estimate of drug-likeness (QED) is 0.604. The number of anilines is 1. The summed E-state index contributed by atoms with van der Waals surface area (Å²) in [7, 11) is 1.43. The number of rotatable bonds is 2. The molecule has 0 aliphatic carbocycles. The topological polar surface area (TPSA) is 74.7 Å². The van der Waals surface area contributed by atoms with Crippen LogP contribution in [-0.4, -0.2) is 29.8 Å². The molecule has 6 heteroatoms. The molecule has 0 radical (unpaired) electrons. The third-order valence-electron chi connectivity index (χ3n) is 2.65. The lowest BCUT2D eigenvalue weighted by molar-refractivity contribution is -0.131. The van der Waals surface area contributed by atoms with Crippen LogP contribution in [0.4, 0.5) is 10.1 Å². The van der Waals surface area contributed by atoms with Gasteiger partial charge in [-0.3, -0.25) is 9.59 Å². The fourth-order valence-electron chi connectivity index (χ4n) is 1.83. The van der Waals surface area contributed by atoms with Crippen molar-refractivity contribution in [3.8, 4) is 0 Å². The maximum atomic E-state index is 13.7. The number of hydrogen-bond acceptors (Lipinski definition) is 3. The van der Waals surface area contributed by atoms with Crippen LogP contribution in [0.5, 0.6) is 0 Å². The zero-order valence-corrected chi connectivity index (χ0v) is 8.86. The molecule has 2 rings (SSSR count). The summed E-state index contributed by atoms with van der Waals surface area (Å²) in [5.74, 6) is -3.89. The lowest BCUT2D eigenvalue weighted by Gasteiger charge is -2.11. The van der Waals surface area contributed by atoms with Gasteiger partial charge in [-0.15, -0.1) is 0 Å². The number of amides is 1. The second kappa shape index (κ2) is 3.65. The van der Waals surface area contributed by atoms with Gasteiger partial charge in [-0.05, 0) is 17.7 Å². The number of fused-ring (bicyclic) bond motifs is 1. The average Bonchev–Trinajstić information content (AvgIpc) is 2.53. The van der Waals surface area contributed by atoms with Gasteiger partial charge in [-0.25, -0.2) is 9.18 Å². The van der Waals surface area contributed by atoms with Crippen molar-refractivity contribution in [1.29, 1.82) is 0 Å². The standard InChI is InChI=1S/C11H8FNO4/c1-13-8(14)4-5-2-6(10(15)11(16)17)3-7(12)9(5)13/h2-3H,4H2,1H3,(H,16,17). The molecular formula is C11H8FNO4. The van der Waals surface area contributed by atoms with Crippen LogP contribution in [0.15, 0.2) is 12.1 Å². The van der Waals surface area contributed by atoms with Crippen molar-refractivity contribution >= 4 is 23.3 Å². The van der Waals surface area contributed by atoms with Crippen LogP contribution < -0.4 is 4.90 Å². The summed E-state index contributed by atoms with van der Waals surface area (Å²) in [4.78, 5) is 34.2. The number of benzene rings is 1. The third kappa shape index (κ3) is 1.67. The number of aliphatic carboxylic acids is 1. The SMILES string of the molecule is CN1C(=O)Cc2cc(C(=O)C(=O)O)cc(F)c21. The fourth-order valence-corrected chi connectivity index (χ4v) is 1.83. The normalized spacial score (nSPS) is 13.8. The Morgan fingerprint density at radius 1 is 1.41 bits per heavy atom. The fraction of sp³-hybridized carbons (Fsp3) is 0.182. The molecule has 1 N–H and O–H groups in total. The van der Waals surface area contributed by atoms with E-state index in [-0.39, 0.29) is 23.6 Å². The van der Waals surface area contributed by atoms with Gasteiger partial charge >= 0.3 is 5.97 Å². The summed E-state index contributed by atoms with van der Waals surface area (Å²) in [6.45, 7) is 0. The minimum Gasteiger partial charge on any atom is -0.475 e. The number of halogens is 1. The van der Waals surface area contributed by atoms with Crippen LogP contribution in [0.1, 0.15) is 15.9 Å². The zero-order chi connectivity index (χ0) is 12.7. The first-order valence-electron chi connectivity index (χ1n) is 4.78. The van der Waals surface area contributed by atoms with Crippen molar-refractivity contribution in [3.05, 3.63) is 29.1 Å². The highest BCUT2D eigenvalue weighted by Gasteiger charge is 2.29. The Morgan fingerprint density at radius 2 is 2.06 bits per heavy atom. The molecule has 1 aromatic rings. The second-order valence-corrected chi connectivity index (χ2v) is 3.73. The average molecular weight is 237 g/mol. The van der Waals surface area contributed by atoms with E-state index in [2.05, 4.69) is 0 Å². The summed E-state index contributed by atoms with van der Waals surface area (Å²) in [6.07, 6.45) is -0.0243. The van der Waals surface area contributed by atoms with Gasteiger partial charge in [0.1, 0.15) is 5.82 Å². The largest absolute Gasteiger partial charge is 0.475 e. The molecular weight excluding hydrogens is 229 g/mol. The van der Waals surface area contributed by atoms with Crippen LogP contribution in [-0.2, 0) is 16.0 Å². The summed E-state index contributed by atoms with van der Waals surface area (Å²) in [5, 5.41) is 8.53. The van der Waals surface area contributed by atoms with E-state index < -0.39 is 17.6 Å². The molecule has 1 amide bonds. The molecule has 0 unspecified atom stereocenters. The molecule has 1 aliphatic rings. The Balaban J connectivity index is 2.54. The van der Waals surface area contributed by atoms with Crippen LogP contribution >= 0.6 is 0 Å². The molecule has 0 aromatic heterocycles. The summed E-state index contributed by atoms with van der Waals surface area (Å²) in [6, 6.07) is 2.08. The molecule has 5 nitrogen and oxygen atoms in total. The first kappa shape index (κ1) is 11.3. The Labute approximate surface area is 95.5 Å². The highest BCUT2D eigenvalue weighted by molar-refractivity contribution is 6.40. The Hall–Kier alpha value is -2.24. The number of carboxylic acids is 1. The molecule has 0 saturated carbocycles. The van der Waals surface area contributed by atoms with Crippen LogP contribution in [0.25, 0.3) is 0 Å². The van der Waals surface area contributed by atoms with E-state index in [1.807, 2.05) is 0 Å². The van der Waals surface area contributed by atoms with E-state index in [0.717, 1.165) is 11.0 Å². The van der Waals surface area contributed by atoms with Crippen molar-refractivity contribution in [1.82, 2.24) is 0 Å². The number of carboxylic acid groups (broad SMARTS) is 1. The van der Waals surface area contributed by atoms with Gasteiger partial charge in [-0.1, -0.05) is 0 Å². The van der Waals surface area contributed by atoms with E-state index in [4.69, 9.17) is 5.11 Å². The third-order valence-corrected chi connectivity index (χ3v) is 2.65. The molecule has 0 atom stereocenters. The van der Waals surface area contributed by atoms with E-state index in [0.29, 0.717) is 5.56 Å². The van der Waals surface area contributed by atoms with Crippen molar-refractivity contribution in [2.75, 3.05) is 11.9 Å². The lowest BCUT2D eigenvalue weighted by Crippen LogP contribution is -2.21. The monoisotopic (exact) mass is 237 g/mol. The highest BCUT2D eigenvalue weighted by atomic mass is 19.1. The van der Waals surface area contributed by atoms with Crippen LogP contribution in [0, 0.1) is 5.82 Å². The maximum absolute atomic E-state index is 13.7. The van der Waals surface area contributed by atoms with Crippen LogP contribution in [0.3, 0.4) is 0 Å². The van der Waals surface area contributed by atoms with E-state index >= 15 is 0 Å². The number of carbonyl (C=O) groups is 3. The van der Waals surface area contributed by atoms with Crippen molar-refractivity contribution in [3.63, 3.8) is 0 Å². The predicted octanol–water partition coefficient (Wildman–Crippen LogP) is 0.612. The first-order valence-corrected chi connectivity index (χ1v) is 4.78. The van der Waals surface area contributed by atoms with Gasteiger partial charge in [0.25, 0.3) is 5.78 Å². The van der Waals surface area contributed by atoms with Crippen molar-refractivity contribution in [2.24, 2.45) is 0 Å². The molecule has 1 aromatic carbocycles. The molecule has 88 valence electrons. The van der Waals surface area contributed by atoms with Gasteiger partial charge in [0.05, 0.1) is 12.1 Å². The number of ketones is 1. The second-order valence-electron chi connectivity index (χ2n) is 3.73. The molecule has 1 aliphatic heterocycles. The Bertz CT molecular complexity index is 553. The molecule has 0 spiro atoms. The maximum Gasteiger partial charge on any atom is 0.377 e. The lowest BCUT2D eigenvalue weighted by atomic mass is 10.0. The Morgan fingerprint density at radius 3 is 2.65 bits per heavy atom. The summed E-state index contributed by atoms with van der Waals surface area (Å²) in [5.41, 5.74) is 0.191. The number of likely N-dealkylation sites (N-methyl/N-ethyl adjacent to an activating group) is 1. The highest BCUT2D eigenvalue weighted by Crippen LogP contribution is 2.31. The molecule has 17 heavy (non-hydrogen) atoms. The number of hydrogen-bond donors (Lipinski definition) is 1. The molecule has 1 heterocycles. The molecule has 0 saturated heterocycles. The van der Waals surface area contributed by atoms with Gasteiger partial charge in [0.2, 0.25) is 5.91 Å². The number of nitrogens with zero attached hydrogens (tertiary/aromatic N) is 1. The van der Waals surface area contributed by atoms with E-state index in [1.165, 1.54) is 13.1 Å². The smallest absolute Gasteiger partial charge is 0.377 e. The minimum absolute atomic E-state index is 0.0243. The minimum atomic E-state index is -1.65. The van der Waals surface area contributed by atoms with Gasteiger partial charge in [0, 0.05) is 12.6 Å². The van der Waals surface area contributed by atoms with Gasteiger partial charge in [0.15, 0.2) is 0 Å². The number of carbonyl (C=O) groups excluding carboxylic acids is 2. The number of Topliss-reactive ketones (excluding diaryl/α,β-unsaturated/α-hetero) is 1. The molecule has 0 fully saturated rings. The van der Waals surface area contributed by atoms with Crippen molar-refractivity contribution in [2.45, 2.75) is 6.42 Å². The van der Waals surface area contributed by atoms with Gasteiger partial charge in [-0.2, -0.15) is 0 Å². The van der Waals surface area contributed by atoms with Gasteiger partial charge < -0.3 is 10.0 Å².